The number of nitro groups is 1. The van der Waals surface area contributed by atoms with E-state index in [1.54, 1.807) is 31.3 Å². The molecule has 7 nitrogen and oxygen atoms in total. The zero-order valence-electron chi connectivity index (χ0n) is 11.2. The Kier molecular flexibility index (Phi) is 3.23. The van der Waals surface area contributed by atoms with E-state index in [0.29, 0.717) is 28.7 Å². The van der Waals surface area contributed by atoms with Crippen LogP contribution in [0.5, 0.6) is 23.0 Å². The van der Waals surface area contributed by atoms with Crippen molar-refractivity contribution < 1.29 is 19.1 Å². The van der Waals surface area contributed by atoms with Crippen LogP contribution in [-0.2, 0) is 0 Å². The van der Waals surface area contributed by atoms with Crippen LogP contribution in [-0.4, -0.2) is 18.8 Å². The fourth-order valence-corrected chi connectivity index (χ4v) is 1.97. The van der Waals surface area contributed by atoms with Gasteiger partial charge >= 0.3 is 0 Å². The number of anilines is 1. The molecule has 0 spiro atoms. The molecule has 108 valence electrons. The molecule has 3 rings (SSSR count). The second-order valence-electron chi connectivity index (χ2n) is 4.34. The Morgan fingerprint density at radius 3 is 2.71 bits per heavy atom. The van der Waals surface area contributed by atoms with Crippen LogP contribution >= 0.6 is 0 Å². The molecule has 0 saturated carbocycles. The van der Waals surface area contributed by atoms with Crippen LogP contribution in [0.25, 0.3) is 0 Å². The Bertz CT molecular complexity index is 702. The van der Waals surface area contributed by atoms with E-state index in [-0.39, 0.29) is 12.5 Å². The first-order valence-electron chi connectivity index (χ1n) is 6.20. The van der Waals surface area contributed by atoms with Gasteiger partial charge in [-0.3, -0.25) is 10.1 Å². The molecule has 0 saturated heterocycles. The summed E-state index contributed by atoms with van der Waals surface area (Å²) in [6, 6.07) is 9.61. The fraction of sp³-hybridized carbons (Fsp3) is 0.143. The summed E-state index contributed by atoms with van der Waals surface area (Å²) in [6.07, 6.45) is 0. The minimum Gasteiger partial charge on any atom is -0.457 e. The lowest BCUT2D eigenvalue weighted by Gasteiger charge is -2.08. The maximum Gasteiger partial charge on any atom is 0.275 e. The summed E-state index contributed by atoms with van der Waals surface area (Å²) in [4.78, 5) is 10.4. The Morgan fingerprint density at radius 2 is 1.95 bits per heavy atom. The first-order valence-corrected chi connectivity index (χ1v) is 6.20. The Hall–Kier alpha value is -2.96. The third-order valence-corrected chi connectivity index (χ3v) is 2.97. The topological polar surface area (TPSA) is 82.9 Å². The summed E-state index contributed by atoms with van der Waals surface area (Å²) in [7, 11) is 1.68. The molecule has 0 aromatic heterocycles. The summed E-state index contributed by atoms with van der Waals surface area (Å²) >= 11 is 0. The van der Waals surface area contributed by atoms with Crippen molar-refractivity contribution in [1.82, 2.24) is 0 Å². The van der Waals surface area contributed by atoms with Gasteiger partial charge in [-0.15, -0.1) is 0 Å². The van der Waals surface area contributed by atoms with E-state index >= 15 is 0 Å². The third kappa shape index (κ3) is 2.66. The number of hydrogen-bond donors (Lipinski definition) is 1. The molecular weight excluding hydrogens is 276 g/mol. The van der Waals surface area contributed by atoms with Crippen molar-refractivity contribution in [3.8, 4) is 23.0 Å². The standard InChI is InChI=1S/C14H12N2O5/c1-15-9-4-10(16(17)18)6-12(5-9)21-11-2-3-13-14(7-11)20-8-19-13/h2-7,15H,8H2,1H3. The second-order valence-corrected chi connectivity index (χ2v) is 4.34. The molecule has 0 aliphatic carbocycles. The van der Waals surface area contributed by atoms with E-state index in [1.807, 2.05) is 0 Å². The number of rotatable bonds is 4. The molecule has 0 amide bonds. The number of fused-ring (bicyclic) bond motifs is 1. The van der Waals surface area contributed by atoms with Crippen LogP contribution in [0.3, 0.4) is 0 Å². The predicted molar refractivity (Wildman–Crippen MR) is 75.3 cm³/mol. The lowest BCUT2D eigenvalue weighted by Crippen LogP contribution is -1.94. The lowest BCUT2D eigenvalue weighted by molar-refractivity contribution is -0.384. The van der Waals surface area contributed by atoms with Gasteiger partial charge in [0, 0.05) is 30.9 Å². The quantitative estimate of drug-likeness (QED) is 0.687. The molecule has 1 aliphatic heterocycles. The fourth-order valence-electron chi connectivity index (χ4n) is 1.97. The highest BCUT2D eigenvalue weighted by molar-refractivity contribution is 5.57. The Labute approximate surface area is 120 Å². The molecule has 0 unspecified atom stereocenters. The highest BCUT2D eigenvalue weighted by Gasteiger charge is 2.15. The monoisotopic (exact) mass is 288 g/mol. The predicted octanol–water partition coefficient (Wildman–Crippen LogP) is 3.16. The maximum atomic E-state index is 10.9. The number of nitrogens with zero attached hydrogens (tertiary/aromatic N) is 1. The maximum absolute atomic E-state index is 10.9. The Balaban J connectivity index is 1.90. The van der Waals surface area contributed by atoms with Crippen LogP contribution in [0.1, 0.15) is 0 Å². The zero-order chi connectivity index (χ0) is 14.8. The van der Waals surface area contributed by atoms with Gasteiger partial charge in [-0.05, 0) is 12.1 Å². The van der Waals surface area contributed by atoms with Gasteiger partial charge in [-0.25, -0.2) is 0 Å². The largest absolute Gasteiger partial charge is 0.457 e. The van der Waals surface area contributed by atoms with Crippen LogP contribution < -0.4 is 19.5 Å². The van der Waals surface area contributed by atoms with Gasteiger partial charge in [0.2, 0.25) is 6.79 Å². The van der Waals surface area contributed by atoms with Crippen molar-refractivity contribution >= 4 is 11.4 Å². The number of ether oxygens (including phenoxy) is 3. The van der Waals surface area contributed by atoms with Crippen molar-refractivity contribution in [3.63, 3.8) is 0 Å². The second kappa shape index (κ2) is 5.20. The molecule has 21 heavy (non-hydrogen) atoms. The van der Waals surface area contributed by atoms with E-state index in [1.165, 1.54) is 12.1 Å². The van der Waals surface area contributed by atoms with Gasteiger partial charge in [-0.1, -0.05) is 0 Å². The zero-order valence-corrected chi connectivity index (χ0v) is 11.2. The number of nitro benzene ring substituents is 1. The molecule has 2 aromatic carbocycles. The van der Waals surface area contributed by atoms with E-state index in [2.05, 4.69) is 5.32 Å². The highest BCUT2D eigenvalue weighted by Crippen LogP contribution is 2.37. The molecule has 0 bridgehead atoms. The number of benzene rings is 2. The van der Waals surface area contributed by atoms with Crippen molar-refractivity contribution in [1.29, 1.82) is 0 Å². The molecule has 1 N–H and O–H groups in total. The molecule has 0 atom stereocenters. The number of nitrogens with one attached hydrogen (secondary N) is 1. The van der Waals surface area contributed by atoms with Crippen molar-refractivity contribution in [2.45, 2.75) is 0 Å². The van der Waals surface area contributed by atoms with Gasteiger partial charge < -0.3 is 19.5 Å². The first-order chi connectivity index (χ1) is 10.2. The average molecular weight is 288 g/mol. The molecule has 1 heterocycles. The lowest BCUT2D eigenvalue weighted by atomic mass is 10.2. The SMILES string of the molecule is CNc1cc(Oc2ccc3c(c2)OCO3)cc([N+](=O)[O-])c1. The summed E-state index contributed by atoms with van der Waals surface area (Å²) in [5.41, 5.74) is 0.553. The molecule has 0 radical (unpaired) electrons. The van der Waals surface area contributed by atoms with Gasteiger partial charge in [0.05, 0.1) is 11.0 Å². The molecule has 2 aromatic rings. The highest BCUT2D eigenvalue weighted by atomic mass is 16.7. The van der Waals surface area contributed by atoms with Crippen LogP contribution in [0.15, 0.2) is 36.4 Å². The van der Waals surface area contributed by atoms with Crippen LogP contribution in [0.4, 0.5) is 11.4 Å². The van der Waals surface area contributed by atoms with Gasteiger partial charge in [0.15, 0.2) is 11.5 Å². The average Bonchev–Trinajstić information content (AvgIpc) is 2.94. The van der Waals surface area contributed by atoms with Crippen LogP contribution in [0.2, 0.25) is 0 Å². The van der Waals surface area contributed by atoms with Gasteiger partial charge in [0.25, 0.3) is 5.69 Å². The van der Waals surface area contributed by atoms with E-state index in [4.69, 9.17) is 14.2 Å². The minimum atomic E-state index is -0.465. The first kappa shape index (κ1) is 13.0. The molecule has 7 heteroatoms. The molecule has 0 fully saturated rings. The van der Waals surface area contributed by atoms with E-state index < -0.39 is 4.92 Å². The minimum absolute atomic E-state index is 0.0439. The smallest absolute Gasteiger partial charge is 0.275 e. The summed E-state index contributed by atoms with van der Waals surface area (Å²) < 4.78 is 16.1. The van der Waals surface area contributed by atoms with Crippen molar-refractivity contribution in [3.05, 3.63) is 46.5 Å². The van der Waals surface area contributed by atoms with Gasteiger partial charge in [-0.2, -0.15) is 0 Å². The summed E-state index contributed by atoms with van der Waals surface area (Å²) in [5, 5.41) is 13.8. The molecular formula is C14H12N2O5. The van der Waals surface area contributed by atoms with E-state index in [0.717, 1.165) is 0 Å². The van der Waals surface area contributed by atoms with Crippen molar-refractivity contribution in [2.75, 3.05) is 19.2 Å². The number of hydrogen-bond acceptors (Lipinski definition) is 6. The summed E-state index contributed by atoms with van der Waals surface area (Å²) in [5.74, 6) is 2.12. The Morgan fingerprint density at radius 1 is 1.14 bits per heavy atom. The van der Waals surface area contributed by atoms with Gasteiger partial charge in [0.1, 0.15) is 11.5 Å². The summed E-state index contributed by atoms with van der Waals surface area (Å²) in [6.45, 7) is 0.180. The molecule has 1 aliphatic rings. The van der Waals surface area contributed by atoms with E-state index in [9.17, 15) is 10.1 Å². The van der Waals surface area contributed by atoms with Crippen molar-refractivity contribution in [2.24, 2.45) is 0 Å². The van der Waals surface area contributed by atoms with Crippen LogP contribution in [0, 0.1) is 10.1 Å². The number of non-ortho nitro benzene ring substituents is 1. The normalized spacial score (nSPS) is 12.0. The third-order valence-electron chi connectivity index (χ3n) is 2.97.